The van der Waals surface area contributed by atoms with E-state index in [0.717, 1.165) is 18.2 Å². The Kier molecular flexibility index (Phi) is 3.77. The standard InChI is InChI=1S/C8H4F2.BrH/c1-2-6-3-7(9)5-8(10)4-6;/h1,3-5H;1H. The molecule has 0 radical (unpaired) electrons. The number of benzene rings is 1. The molecule has 0 aliphatic heterocycles. The van der Waals surface area contributed by atoms with Gasteiger partial charge in [0.05, 0.1) is 0 Å². The van der Waals surface area contributed by atoms with E-state index in [1.165, 1.54) is 0 Å². The average Bonchev–Trinajstić information content (AvgIpc) is 1.85. The highest BCUT2D eigenvalue weighted by atomic mass is 79.9. The molecule has 0 aliphatic rings. The van der Waals surface area contributed by atoms with Crippen LogP contribution < -0.4 is 0 Å². The summed E-state index contributed by atoms with van der Waals surface area (Å²) < 4.78 is 24.6. The molecule has 0 fully saturated rings. The van der Waals surface area contributed by atoms with Crippen molar-refractivity contribution >= 4 is 17.0 Å². The molecule has 0 amide bonds. The van der Waals surface area contributed by atoms with Gasteiger partial charge in [0, 0.05) is 11.6 Å². The number of hydrogen-bond donors (Lipinski definition) is 0. The van der Waals surface area contributed by atoms with E-state index in [4.69, 9.17) is 6.42 Å². The maximum absolute atomic E-state index is 12.3. The molecule has 0 bridgehead atoms. The van der Waals surface area contributed by atoms with Crippen LogP contribution in [0.25, 0.3) is 0 Å². The van der Waals surface area contributed by atoms with Crippen molar-refractivity contribution in [1.82, 2.24) is 0 Å². The summed E-state index contributed by atoms with van der Waals surface area (Å²) in [6.07, 6.45) is 4.90. The molecule has 0 saturated carbocycles. The lowest BCUT2D eigenvalue weighted by molar-refractivity contribution is 0.582. The van der Waals surface area contributed by atoms with E-state index in [-0.39, 0.29) is 22.5 Å². The molecule has 11 heavy (non-hydrogen) atoms. The third-order valence-corrected chi connectivity index (χ3v) is 1.03. The third-order valence-electron chi connectivity index (χ3n) is 1.03. The monoisotopic (exact) mass is 218 g/mol. The van der Waals surface area contributed by atoms with Gasteiger partial charge < -0.3 is 0 Å². The minimum absolute atomic E-state index is 0. The maximum Gasteiger partial charge on any atom is 0.127 e. The van der Waals surface area contributed by atoms with Gasteiger partial charge in [-0.2, -0.15) is 0 Å². The molecule has 0 aromatic heterocycles. The van der Waals surface area contributed by atoms with Gasteiger partial charge in [-0.15, -0.1) is 23.4 Å². The molecule has 1 rings (SSSR count). The molecule has 0 atom stereocenters. The number of hydrogen-bond acceptors (Lipinski definition) is 0. The molecule has 0 saturated heterocycles. The van der Waals surface area contributed by atoms with Gasteiger partial charge in [0.25, 0.3) is 0 Å². The average molecular weight is 219 g/mol. The van der Waals surface area contributed by atoms with E-state index >= 15 is 0 Å². The number of rotatable bonds is 0. The maximum atomic E-state index is 12.3. The Labute approximate surface area is 74.0 Å². The van der Waals surface area contributed by atoms with Crippen LogP contribution in [0, 0.1) is 24.0 Å². The first-order chi connectivity index (χ1) is 4.72. The Morgan fingerprint density at radius 2 is 1.55 bits per heavy atom. The summed E-state index contributed by atoms with van der Waals surface area (Å²) in [5.74, 6) is 0.838. The first kappa shape index (κ1) is 10.1. The molecular formula is C8H5BrF2. The Balaban J connectivity index is 0.000001000. The van der Waals surface area contributed by atoms with E-state index in [1.807, 2.05) is 0 Å². The zero-order chi connectivity index (χ0) is 7.56. The zero-order valence-electron chi connectivity index (χ0n) is 5.47. The SMILES string of the molecule is Br.C#Cc1cc(F)cc(F)c1. The topological polar surface area (TPSA) is 0 Å². The van der Waals surface area contributed by atoms with Crippen molar-refractivity contribution < 1.29 is 8.78 Å². The van der Waals surface area contributed by atoms with E-state index in [1.54, 1.807) is 0 Å². The quantitative estimate of drug-likeness (QED) is 0.588. The van der Waals surface area contributed by atoms with Gasteiger partial charge in [0.2, 0.25) is 0 Å². The fourth-order valence-corrected chi connectivity index (χ4v) is 0.637. The minimum Gasteiger partial charge on any atom is -0.207 e. The molecular weight excluding hydrogens is 214 g/mol. The molecule has 0 unspecified atom stereocenters. The van der Waals surface area contributed by atoms with E-state index in [9.17, 15) is 8.78 Å². The molecule has 0 aliphatic carbocycles. The second-order valence-electron chi connectivity index (χ2n) is 1.80. The molecule has 1 aromatic carbocycles. The van der Waals surface area contributed by atoms with Crippen molar-refractivity contribution in [2.45, 2.75) is 0 Å². The summed E-state index contributed by atoms with van der Waals surface area (Å²) in [4.78, 5) is 0. The van der Waals surface area contributed by atoms with Crippen molar-refractivity contribution in [3.8, 4) is 12.3 Å². The highest BCUT2D eigenvalue weighted by Crippen LogP contribution is 2.05. The summed E-state index contributed by atoms with van der Waals surface area (Å²) in [6, 6.07) is 2.98. The molecule has 0 spiro atoms. The summed E-state index contributed by atoms with van der Waals surface area (Å²) in [5.41, 5.74) is 0.220. The van der Waals surface area contributed by atoms with Crippen LogP contribution in [0.3, 0.4) is 0 Å². The largest absolute Gasteiger partial charge is 0.207 e. The van der Waals surface area contributed by atoms with Gasteiger partial charge >= 0.3 is 0 Å². The smallest absolute Gasteiger partial charge is 0.127 e. The predicted octanol–water partition coefficient (Wildman–Crippen LogP) is 2.52. The third kappa shape index (κ3) is 2.69. The Hall–Kier alpha value is -0.880. The highest BCUT2D eigenvalue weighted by molar-refractivity contribution is 8.93. The fourth-order valence-electron chi connectivity index (χ4n) is 0.637. The Bertz CT molecular complexity index is 268. The van der Waals surface area contributed by atoms with Gasteiger partial charge in [0.15, 0.2) is 0 Å². The van der Waals surface area contributed by atoms with Crippen molar-refractivity contribution in [1.29, 1.82) is 0 Å². The van der Waals surface area contributed by atoms with E-state index in [2.05, 4.69) is 5.92 Å². The second-order valence-corrected chi connectivity index (χ2v) is 1.80. The molecule has 3 heteroatoms. The summed E-state index contributed by atoms with van der Waals surface area (Å²) in [5, 5.41) is 0. The van der Waals surface area contributed by atoms with Gasteiger partial charge in [-0.1, -0.05) is 5.92 Å². The van der Waals surface area contributed by atoms with Gasteiger partial charge in [-0.3, -0.25) is 0 Å². The van der Waals surface area contributed by atoms with Crippen molar-refractivity contribution in [2.75, 3.05) is 0 Å². The van der Waals surface area contributed by atoms with E-state index in [0.29, 0.717) is 0 Å². The molecule has 1 aromatic rings. The first-order valence-electron chi connectivity index (χ1n) is 2.65. The van der Waals surface area contributed by atoms with Crippen molar-refractivity contribution in [3.63, 3.8) is 0 Å². The van der Waals surface area contributed by atoms with Crippen LogP contribution in [0.5, 0.6) is 0 Å². The van der Waals surface area contributed by atoms with Crippen LogP contribution in [0.2, 0.25) is 0 Å². The molecule has 0 heterocycles. The number of halogens is 3. The van der Waals surface area contributed by atoms with Crippen LogP contribution in [0.4, 0.5) is 8.78 Å². The Morgan fingerprint density at radius 3 is 1.91 bits per heavy atom. The molecule has 58 valence electrons. The fraction of sp³-hybridized carbons (Fsp3) is 0. The van der Waals surface area contributed by atoms with Crippen LogP contribution in [-0.4, -0.2) is 0 Å². The lowest BCUT2D eigenvalue weighted by atomic mass is 10.2. The molecule has 0 N–H and O–H groups in total. The van der Waals surface area contributed by atoms with Gasteiger partial charge in [0.1, 0.15) is 11.6 Å². The van der Waals surface area contributed by atoms with Crippen LogP contribution in [-0.2, 0) is 0 Å². The van der Waals surface area contributed by atoms with Gasteiger partial charge in [-0.05, 0) is 12.1 Å². The normalized spacial score (nSPS) is 8.09. The van der Waals surface area contributed by atoms with Gasteiger partial charge in [-0.25, -0.2) is 8.78 Å². The Morgan fingerprint density at radius 1 is 1.09 bits per heavy atom. The summed E-state index contributed by atoms with van der Waals surface area (Å²) in [7, 11) is 0. The number of terminal acetylenes is 1. The lowest BCUT2D eigenvalue weighted by Gasteiger charge is -1.90. The van der Waals surface area contributed by atoms with Crippen molar-refractivity contribution in [3.05, 3.63) is 35.4 Å². The summed E-state index contributed by atoms with van der Waals surface area (Å²) >= 11 is 0. The highest BCUT2D eigenvalue weighted by Gasteiger charge is 1.95. The first-order valence-corrected chi connectivity index (χ1v) is 2.65. The van der Waals surface area contributed by atoms with E-state index < -0.39 is 11.6 Å². The lowest BCUT2D eigenvalue weighted by Crippen LogP contribution is -1.81. The van der Waals surface area contributed by atoms with Crippen LogP contribution in [0.1, 0.15) is 5.56 Å². The second kappa shape index (κ2) is 4.09. The van der Waals surface area contributed by atoms with Crippen molar-refractivity contribution in [2.24, 2.45) is 0 Å². The summed E-state index contributed by atoms with van der Waals surface area (Å²) in [6.45, 7) is 0. The zero-order valence-corrected chi connectivity index (χ0v) is 7.19. The van der Waals surface area contributed by atoms with Crippen LogP contribution >= 0.6 is 17.0 Å². The predicted molar refractivity (Wildman–Crippen MR) is 44.6 cm³/mol. The minimum atomic E-state index is -0.645. The van der Waals surface area contributed by atoms with Crippen LogP contribution in [0.15, 0.2) is 18.2 Å². The molecule has 0 nitrogen and oxygen atoms in total.